The molecular formula is C25H30N4O. The highest BCUT2D eigenvalue weighted by molar-refractivity contribution is 5.90. The number of fused-ring (bicyclic) bond motifs is 3. The summed E-state index contributed by atoms with van der Waals surface area (Å²) in [6.07, 6.45) is 2.73. The Morgan fingerprint density at radius 2 is 1.70 bits per heavy atom. The lowest BCUT2D eigenvalue weighted by atomic mass is 9.94. The minimum atomic E-state index is 0.639. The summed E-state index contributed by atoms with van der Waals surface area (Å²) in [5.74, 6) is 0. The molecule has 1 aromatic carbocycles. The molecule has 5 nitrogen and oxygen atoms in total. The molecule has 0 saturated carbocycles. The van der Waals surface area contributed by atoms with Crippen LogP contribution in [0.4, 0.5) is 0 Å². The van der Waals surface area contributed by atoms with Crippen molar-refractivity contribution in [3.05, 3.63) is 64.6 Å². The van der Waals surface area contributed by atoms with E-state index in [2.05, 4.69) is 64.0 Å². The van der Waals surface area contributed by atoms with Crippen molar-refractivity contribution in [3.8, 4) is 11.1 Å². The smallest absolute Gasteiger partial charge is 0.165 e. The molecule has 0 unspecified atom stereocenters. The molecule has 4 aromatic rings. The zero-order chi connectivity index (χ0) is 21.6. The summed E-state index contributed by atoms with van der Waals surface area (Å²) < 4.78 is 9.71. The van der Waals surface area contributed by atoms with E-state index in [4.69, 9.17) is 14.8 Å². The van der Waals surface area contributed by atoms with Gasteiger partial charge in [-0.15, -0.1) is 6.58 Å². The second-order valence-electron chi connectivity index (χ2n) is 8.18. The van der Waals surface area contributed by atoms with Crippen LogP contribution in [0.3, 0.4) is 0 Å². The highest BCUT2D eigenvalue weighted by Crippen LogP contribution is 2.35. The van der Waals surface area contributed by atoms with E-state index < -0.39 is 0 Å². The van der Waals surface area contributed by atoms with E-state index in [1.807, 2.05) is 10.6 Å². The van der Waals surface area contributed by atoms with Gasteiger partial charge in [0.25, 0.3) is 0 Å². The highest BCUT2D eigenvalue weighted by atomic mass is 16.5. The summed E-state index contributed by atoms with van der Waals surface area (Å²) in [6, 6.07) is 6.69. The average molecular weight is 403 g/mol. The van der Waals surface area contributed by atoms with Gasteiger partial charge < -0.3 is 9.30 Å². The summed E-state index contributed by atoms with van der Waals surface area (Å²) in [6.45, 7) is 16.0. The van der Waals surface area contributed by atoms with Crippen molar-refractivity contribution in [2.75, 3.05) is 13.7 Å². The maximum Gasteiger partial charge on any atom is 0.165 e. The van der Waals surface area contributed by atoms with Crippen LogP contribution in [0.15, 0.2) is 30.9 Å². The fraction of sp³-hybridized carbons (Fsp3) is 0.360. The topological polar surface area (TPSA) is 44.4 Å². The summed E-state index contributed by atoms with van der Waals surface area (Å²) in [7, 11) is 1.74. The molecule has 4 rings (SSSR count). The molecule has 0 N–H and O–H groups in total. The third-order valence-electron chi connectivity index (χ3n) is 5.85. The molecule has 0 fully saturated rings. The number of benzene rings is 1. The first kappa shape index (κ1) is 20.4. The van der Waals surface area contributed by atoms with Crippen molar-refractivity contribution in [2.24, 2.45) is 0 Å². The SMILES string of the molecule is C=CCc1cc2c(C)nc3c(-c4c(C)cc(C)cc4C)c(C)nn3c2n1CCOC. The van der Waals surface area contributed by atoms with Crippen LogP contribution < -0.4 is 0 Å². The van der Waals surface area contributed by atoms with Crippen LogP contribution in [0.5, 0.6) is 0 Å². The largest absolute Gasteiger partial charge is 0.383 e. The first-order chi connectivity index (χ1) is 14.4. The lowest BCUT2D eigenvalue weighted by Gasteiger charge is -2.12. The van der Waals surface area contributed by atoms with E-state index in [0.717, 1.165) is 46.6 Å². The molecule has 30 heavy (non-hydrogen) atoms. The Morgan fingerprint density at radius 1 is 1.00 bits per heavy atom. The second kappa shape index (κ2) is 7.73. The number of methoxy groups -OCH3 is 1. The van der Waals surface area contributed by atoms with Crippen molar-refractivity contribution in [1.29, 1.82) is 0 Å². The van der Waals surface area contributed by atoms with E-state index in [1.165, 1.54) is 27.9 Å². The predicted molar refractivity (Wildman–Crippen MR) is 123 cm³/mol. The Balaban J connectivity index is 2.10. The van der Waals surface area contributed by atoms with Gasteiger partial charge in [0.1, 0.15) is 5.65 Å². The minimum absolute atomic E-state index is 0.639. The lowest BCUT2D eigenvalue weighted by molar-refractivity contribution is 0.187. The number of hydrogen-bond acceptors (Lipinski definition) is 3. The Kier molecular flexibility index (Phi) is 5.24. The third-order valence-corrected chi connectivity index (χ3v) is 5.85. The number of allylic oxidation sites excluding steroid dienone is 1. The van der Waals surface area contributed by atoms with Crippen LogP contribution in [-0.4, -0.2) is 32.9 Å². The molecule has 3 heterocycles. The number of ether oxygens (including phenoxy) is 1. The lowest BCUT2D eigenvalue weighted by Crippen LogP contribution is -2.10. The standard InChI is InChI=1S/C25H30N4O/c1-8-9-20-14-21-18(5)26-24-23(22-16(3)12-15(2)13-17(22)4)19(6)27-29(24)25(21)28(20)10-11-30-7/h8,12-14H,1,9-11H2,2-7H3. The molecular weight excluding hydrogens is 372 g/mol. The number of hydrogen-bond donors (Lipinski definition) is 0. The summed E-state index contributed by atoms with van der Waals surface area (Å²) >= 11 is 0. The Morgan fingerprint density at radius 3 is 2.33 bits per heavy atom. The normalized spacial score (nSPS) is 11.7. The Hall–Kier alpha value is -2.92. The van der Waals surface area contributed by atoms with Crippen LogP contribution in [0.25, 0.3) is 27.8 Å². The molecule has 0 atom stereocenters. The molecule has 0 spiro atoms. The fourth-order valence-electron chi connectivity index (χ4n) is 4.69. The van der Waals surface area contributed by atoms with Crippen molar-refractivity contribution >= 4 is 16.7 Å². The van der Waals surface area contributed by atoms with Crippen LogP contribution in [0, 0.1) is 34.6 Å². The third kappa shape index (κ3) is 3.14. The Bertz CT molecular complexity index is 1250. The maximum absolute atomic E-state index is 5.39. The van der Waals surface area contributed by atoms with E-state index >= 15 is 0 Å². The van der Waals surface area contributed by atoms with Gasteiger partial charge in [-0.2, -0.15) is 9.61 Å². The zero-order valence-corrected chi connectivity index (χ0v) is 18.8. The van der Waals surface area contributed by atoms with Crippen molar-refractivity contribution in [1.82, 2.24) is 19.2 Å². The van der Waals surface area contributed by atoms with Crippen LogP contribution in [-0.2, 0) is 17.7 Å². The van der Waals surface area contributed by atoms with E-state index in [-0.39, 0.29) is 0 Å². The molecule has 3 aromatic heterocycles. The van der Waals surface area contributed by atoms with Crippen molar-refractivity contribution < 1.29 is 4.74 Å². The minimum Gasteiger partial charge on any atom is -0.383 e. The monoisotopic (exact) mass is 402 g/mol. The van der Waals surface area contributed by atoms with E-state index in [9.17, 15) is 0 Å². The van der Waals surface area contributed by atoms with Gasteiger partial charge in [0.2, 0.25) is 0 Å². The van der Waals surface area contributed by atoms with Crippen LogP contribution in [0.1, 0.15) is 33.8 Å². The maximum atomic E-state index is 5.39. The number of nitrogens with zero attached hydrogens (tertiary/aromatic N) is 4. The molecule has 5 heteroatoms. The highest BCUT2D eigenvalue weighted by Gasteiger charge is 2.22. The zero-order valence-electron chi connectivity index (χ0n) is 18.8. The fourth-order valence-corrected chi connectivity index (χ4v) is 4.69. The van der Waals surface area contributed by atoms with Gasteiger partial charge in [-0.05, 0) is 57.4 Å². The van der Waals surface area contributed by atoms with Gasteiger partial charge >= 0.3 is 0 Å². The molecule has 0 bridgehead atoms. The summed E-state index contributed by atoms with van der Waals surface area (Å²) in [4.78, 5) is 5.03. The first-order valence-electron chi connectivity index (χ1n) is 10.4. The van der Waals surface area contributed by atoms with Crippen molar-refractivity contribution in [2.45, 2.75) is 47.6 Å². The molecule has 0 aliphatic carbocycles. The van der Waals surface area contributed by atoms with Gasteiger partial charge in [-0.25, -0.2) is 4.98 Å². The summed E-state index contributed by atoms with van der Waals surface area (Å²) in [5, 5.41) is 6.10. The molecule has 156 valence electrons. The molecule has 0 aliphatic heterocycles. The van der Waals surface area contributed by atoms with Gasteiger partial charge in [0, 0.05) is 31.2 Å². The van der Waals surface area contributed by atoms with Crippen LogP contribution in [0.2, 0.25) is 0 Å². The number of rotatable bonds is 6. The van der Waals surface area contributed by atoms with Gasteiger partial charge in [0.15, 0.2) is 5.65 Å². The second-order valence-corrected chi connectivity index (χ2v) is 8.18. The predicted octanol–water partition coefficient (Wildman–Crippen LogP) is 5.27. The molecule has 0 aliphatic rings. The van der Waals surface area contributed by atoms with Crippen LogP contribution >= 0.6 is 0 Å². The Labute approximate surface area is 178 Å². The van der Waals surface area contributed by atoms with Gasteiger partial charge in [-0.1, -0.05) is 23.8 Å². The van der Waals surface area contributed by atoms with Gasteiger partial charge in [-0.3, -0.25) is 0 Å². The number of aromatic nitrogens is 4. The summed E-state index contributed by atoms with van der Waals surface area (Å²) in [5.41, 5.74) is 11.3. The van der Waals surface area contributed by atoms with E-state index in [0.29, 0.717) is 6.61 Å². The number of aryl methyl sites for hydroxylation is 5. The quantitative estimate of drug-likeness (QED) is 0.413. The first-order valence-corrected chi connectivity index (χ1v) is 10.4. The van der Waals surface area contributed by atoms with Gasteiger partial charge in [0.05, 0.1) is 23.6 Å². The molecule has 0 saturated heterocycles. The molecule has 0 amide bonds. The average Bonchev–Trinajstić information content (AvgIpc) is 3.18. The van der Waals surface area contributed by atoms with E-state index in [1.54, 1.807) is 7.11 Å². The van der Waals surface area contributed by atoms with Crippen molar-refractivity contribution in [3.63, 3.8) is 0 Å². The molecule has 0 radical (unpaired) electrons.